The van der Waals surface area contributed by atoms with Gasteiger partial charge in [0.05, 0.1) is 6.61 Å². The van der Waals surface area contributed by atoms with Crippen molar-refractivity contribution in [3.05, 3.63) is 71.9 Å². The summed E-state index contributed by atoms with van der Waals surface area (Å²) in [5.41, 5.74) is 4.59. The van der Waals surface area contributed by atoms with Crippen LogP contribution in [0.25, 0.3) is 22.6 Å². The van der Waals surface area contributed by atoms with Crippen molar-refractivity contribution in [2.45, 2.75) is 0 Å². The molecule has 100 valence electrons. The molecule has 0 bridgehead atoms. The Balaban J connectivity index is 2.04. The number of rotatable bonds is 4. The molecule has 1 N–H and O–H groups in total. The smallest absolute Gasteiger partial charge is 0.0733 e. The maximum atomic E-state index is 5.34. The number of aromatic amines is 1. The van der Waals surface area contributed by atoms with Crippen LogP contribution >= 0.6 is 0 Å². The lowest BCUT2D eigenvalue weighted by Gasteiger charge is -2.04. The zero-order chi connectivity index (χ0) is 13.8. The lowest BCUT2D eigenvalue weighted by atomic mass is 10.1. The lowest BCUT2D eigenvalue weighted by molar-refractivity contribution is 0.240. The summed E-state index contributed by atoms with van der Waals surface area (Å²) in [6.07, 6.45) is 2.16. The van der Waals surface area contributed by atoms with Gasteiger partial charge < -0.3 is 9.72 Å². The van der Waals surface area contributed by atoms with Gasteiger partial charge in [-0.3, -0.25) is 0 Å². The topological polar surface area (TPSA) is 25.0 Å². The Morgan fingerprint density at radius 1 is 1.05 bits per heavy atom. The molecule has 2 nitrogen and oxygen atoms in total. The summed E-state index contributed by atoms with van der Waals surface area (Å²) in [4.78, 5) is 3.45. The fourth-order valence-corrected chi connectivity index (χ4v) is 2.35. The zero-order valence-corrected chi connectivity index (χ0v) is 11.5. The van der Waals surface area contributed by atoms with E-state index >= 15 is 0 Å². The minimum Gasteiger partial charge on any atom is -0.380 e. The highest BCUT2D eigenvalue weighted by Gasteiger charge is 2.06. The summed E-state index contributed by atoms with van der Waals surface area (Å²) in [6.45, 7) is 0.585. The second-order valence-corrected chi connectivity index (χ2v) is 4.78. The first-order valence-electron chi connectivity index (χ1n) is 6.69. The molecular weight excluding hydrogens is 246 g/mol. The first-order chi connectivity index (χ1) is 9.86. The van der Waals surface area contributed by atoms with E-state index in [2.05, 4.69) is 47.5 Å². The molecular formula is C18H17NO. The lowest BCUT2D eigenvalue weighted by Crippen LogP contribution is -1.94. The highest BCUT2D eigenvalue weighted by atomic mass is 16.5. The van der Waals surface area contributed by atoms with Crippen molar-refractivity contribution in [3.8, 4) is 0 Å². The number of benzene rings is 2. The van der Waals surface area contributed by atoms with Crippen molar-refractivity contribution in [1.29, 1.82) is 0 Å². The van der Waals surface area contributed by atoms with Crippen LogP contribution in [0.3, 0.4) is 0 Å². The predicted octanol–water partition coefficient (Wildman–Crippen LogP) is 4.35. The molecule has 0 saturated carbocycles. The van der Waals surface area contributed by atoms with Gasteiger partial charge in [-0.1, -0.05) is 48.5 Å². The number of ether oxygens (including phenoxy) is 1. The van der Waals surface area contributed by atoms with Crippen LogP contribution in [-0.4, -0.2) is 18.7 Å². The second-order valence-electron chi connectivity index (χ2n) is 4.78. The van der Waals surface area contributed by atoms with Crippen LogP contribution < -0.4 is 0 Å². The summed E-state index contributed by atoms with van der Waals surface area (Å²) in [5, 5.41) is 1.22. The summed E-state index contributed by atoms with van der Waals surface area (Å²) in [5.74, 6) is 0. The average molecular weight is 263 g/mol. The van der Waals surface area contributed by atoms with Gasteiger partial charge in [-0.05, 0) is 29.2 Å². The minimum atomic E-state index is 0.585. The molecule has 0 unspecified atom stereocenters. The summed E-state index contributed by atoms with van der Waals surface area (Å²) >= 11 is 0. The van der Waals surface area contributed by atoms with E-state index in [4.69, 9.17) is 4.74 Å². The highest BCUT2D eigenvalue weighted by molar-refractivity contribution is 5.89. The first kappa shape index (κ1) is 12.7. The third kappa shape index (κ3) is 2.65. The van der Waals surface area contributed by atoms with Crippen LogP contribution in [0.15, 0.2) is 60.7 Å². The third-order valence-corrected chi connectivity index (χ3v) is 3.32. The van der Waals surface area contributed by atoms with Gasteiger partial charge in [-0.15, -0.1) is 0 Å². The molecule has 3 aromatic rings. The number of hydrogen-bond donors (Lipinski definition) is 1. The predicted molar refractivity (Wildman–Crippen MR) is 84.5 cm³/mol. The molecule has 0 aliphatic heterocycles. The normalized spacial score (nSPS) is 11.9. The maximum Gasteiger partial charge on any atom is 0.0733 e. The van der Waals surface area contributed by atoms with Crippen molar-refractivity contribution in [2.75, 3.05) is 13.7 Å². The fraction of sp³-hybridized carbons (Fsp3) is 0.111. The van der Waals surface area contributed by atoms with Gasteiger partial charge in [0, 0.05) is 23.9 Å². The fourth-order valence-electron chi connectivity index (χ4n) is 2.35. The molecule has 1 heterocycles. The van der Waals surface area contributed by atoms with Crippen molar-refractivity contribution in [2.24, 2.45) is 0 Å². The van der Waals surface area contributed by atoms with Crippen LogP contribution in [0.1, 0.15) is 11.3 Å². The van der Waals surface area contributed by atoms with E-state index in [0.29, 0.717) is 6.61 Å². The number of fused-ring (bicyclic) bond motifs is 1. The van der Waals surface area contributed by atoms with E-state index in [9.17, 15) is 0 Å². The van der Waals surface area contributed by atoms with E-state index in [1.54, 1.807) is 7.11 Å². The zero-order valence-electron chi connectivity index (χ0n) is 11.5. The van der Waals surface area contributed by atoms with Crippen LogP contribution in [0.4, 0.5) is 0 Å². The van der Waals surface area contributed by atoms with Gasteiger partial charge in [0.2, 0.25) is 0 Å². The van der Waals surface area contributed by atoms with E-state index in [1.807, 2.05) is 24.3 Å². The Hall–Kier alpha value is -2.32. The molecule has 1 aromatic heterocycles. The highest BCUT2D eigenvalue weighted by Crippen LogP contribution is 2.23. The van der Waals surface area contributed by atoms with Crippen LogP contribution in [-0.2, 0) is 4.74 Å². The minimum absolute atomic E-state index is 0.585. The van der Waals surface area contributed by atoms with Gasteiger partial charge >= 0.3 is 0 Å². The van der Waals surface area contributed by atoms with Gasteiger partial charge in [0.25, 0.3) is 0 Å². The van der Waals surface area contributed by atoms with Crippen molar-refractivity contribution in [3.63, 3.8) is 0 Å². The SMILES string of the molecule is COC/C(=C/c1ccccc1)c1cc2ccccc2[nH]1. The number of hydrogen-bond acceptors (Lipinski definition) is 1. The molecule has 0 spiro atoms. The van der Waals surface area contributed by atoms with E-state index in [-0.39, 0.29) is 0 Å². The van der Waals surface area contributed by atoms with Crippen molar-refractivity contribution in [1.82, 2.24) is 4.98 Å². The Labute approximate surface area is 118 Å². The number of H-pyrrole nitrogens is 1. The Kier molecular flexibility index (Phi) is 3.66. The number of aromatic nitrogens is 1. The molecule has 3 rings (SSSR count). The van der Waals surface area contributed by atoms with Gasteiger partial charge in [-0.2, -0.15) is 0 Å². The standard InChI is InChI=1S/C18H17NO/c1-20-13-16(11-14-7-3-2-4-8-14)18-12-15-9-5-6-10-17(15)19-18/h2-12,19H,13H2,1H3/b16-11-. The van der Waals surface area contributed by atoms with Crippen molar-refractivity contribution < 1.29 is 4.74 Å². The molecule has 0 radical (unpaired) electrons. The third-order valence-electron chi connectivity index (χ3n) is 3.32. The Morgan fingerprint density at radius 2 is 1.80 bits per heavy atom. The van der Waals surface area contributed by atoms with Crippen LogP contribution in [0.2, 0.25) is 0 Å². The molecule has 0 aliphatic rings. The van der Waals surface area contributed by atoms with E-state index < -0.39 is 0 Å². The summed E-state index contributed by atoms with van der Waals surface area (Å²) < 4.78 is 5.34. The number of nitrogens with one attached hydrogen (secondary N) is 1. The van der Waals surface area contributed by atoms with Gasteiger partial charge in [0.1, 0.15) is 0 Å². The van der Waals surface area contributed by atoms with E-state index in [0.717, 1.165) is 16.8 Å². The van der Waals surface area contributed by atoms with Crippen LogP contribution in [0.5, 0.6) is 0 Å². The monoisotopic (exact) mass is 263 g/mol. The number of methoxy groups -OCH3 is 1. The maximum absolute atomic E-state index is 5.34. The molecule has 0 fully saturated rings. The molecule has 0 atom stereocenters. The molecule has 0 aliphatic carbocycles. The molecule has 2 aromatic carbocycles. The Morgan fingerprint density at radius 3 is 2.55 bits per heavy atom. The van der Waals surface area contributed by atoms with Crippen LogP contribution in [0, 0.1) is 0 Å². The molecule has 0 saturated heterocycles. The van der Waals surface area contributed by atoms with Gasteiger partial charge in [0.15, 0.2) is 0 Å². The quantitative estimate of drug-likeness (QED) is 0.743. The second kappa shape index (κ2) is 5.76. The average Bonchev–Trinajstić information content (AvgIpc) is 2.92. The summed E-state index contributed by atoms with van der Waals surface area (Å²) in [6, 6.07) is 20.8. The molecule has 0 amide bonds. The first-order valence-corrected chi connectivity index (χ1v) is 6.69. The van der Waals surface area contributed by atoms with Gasteiger partial charge in [-0.25, -0.2) is 0 Å². The summed E-state index contributed by atoms with van der Waals surface area (Å²) in [7, 11) is 1.72. The van der Waals surface area contributed by atoms with E-state index in [1.165, 1.54) is 10.9 Å². The Bertz CT molecular complexity index is 692. The largest absolute Gasteiger partial charge is 0.380 e. The number of para-hydroxylation sites is 1. The molecule has 20 heavy (non-hydrogen) atoms. The van der Waals surface area contributed by atoms with Crippen molar-refractivity contribution >= 4 is 22.6 Å². The molecule has 2 heteroatoms.